The number of methoxy groups -OCH3 is 1. The van der Waals surface area contributed by atoms with Crippen molar-refractivity contribution in [3.8, 4) is 29.0 Å². The molecule has 4 aromatic rings. The predicted octanol–water partition coefficient (Wildman–Crippen LogP) is 4.68. The third kappa shape index (κ3) is 4.43. The van der Waals surface area contributed by atoms with E-state index < -0.39 is 23.0 Å². The molecule has 5 rings (SSSR count). The molecule has 0 bridgehead atoms. The van der Waals surface area contributed by atoms with Crippen LogP contribution >= 0.6 is 11.8 Å². The number of thioether (sulfide) groups is 1. The fourth-order valence-electron chi connectivity index (χ4n) is 4.42. The van der Waals surface area contributed by atoms with Crippen LogP contribution in [0.3, 0.4) is 0 Å². The molecule has 194 valence electrons. The number of rotatable bonds is 7. The minimum Gasteiger partial charge on any atom is -0.497 e. The van der Waals surface area contributed by atoms with Crippen molar-refractivity contribution < 1.29 is 19.1 Å². The van der Waals surface area contributed by atoms with Crippen LogP contribution in [0.2, 0.25) is 0 Å². The van der Waals surface area contributed by atoms with Crippen molar-refractivity contribution >= 4 is 35.2 Å². The molecule has 0 radical (unpaired) electrons. The van der Waals surface area contributed by atoms with Crippen molar-refractivity contribution in [2.24, 2.45) is 0 Å². The summed E-state index contributed by atoms with van der Waals surface area (Å²) in [4.78, 5) is 45.9. The lowest BCUT2D eigenvalue weighted by molar-refractivity contribution is 0.0602. The van der Waals surface area contributed by atoms with Crippen molar-refractivity contribution in [2.75, 3.05) is 12.8 Å². The Kier molecular flexibility index (Phi) is 7.02. The number of pyridine rings is 1. The molecule has 0 saturated heterocycles. The van der Waals surface area contributed by atoms with Crippen molar-refractivity contribution in [2.45, 2.75) is 10.4 Å². The Balaban J connectivity index is 1.68. The molecule has 0 aliphatic carbocycles. The number of imide groups is 1. The van der Waals surface area contributed by atoms with E-state index in [1.54, 1.807) is 66.7 Å². The molecule has 0 fully saturated rings. The molecule has 1 aliphatic heterocycles. The Morgan fingerprint density at radius 2 is 1.48 bits per heavy atom. The fourth-order valence-corrected chi connectivity index (χ4v) is 5.59. The van der Waals surface area contributed by atoms with Gasteiger partial charge in [0.1, 0.15) is 34.3 Å². The number of nitrogen functional groups attached to an aromatic ring is 1. The van der Waals surface area contributed by atoms with E-state index >= 15 is 0 Å². The summed E-state index contributed by atoms with van der Waals surface area (Å²) >= 11 is 0.755. The molecule has 1 aromatic heterocycles. The maximum absolute atomic E-state index is 13.8. The number of amides is 2. The van der Waals surface area contributed by atoms with Crippen molar-refractivity contribution in [1.82, 2.24) is 9.88 Å². The Morgan fingerprint density at radius 3 is 2.02 bits per heavy atom. The molecule has 1 unspecified atom stereocenters. The molecule has 2 N–H and O–H groups in total. The van der Waals surface area contributed by atoms with Crippen LogP contribution < -0.4 is 10.5 Å². The number of nitrogens with two attached hydrogens (primary N) is 1. The van der Waals surface area contributed by atoms with Gasteiger partial charge in [0.05, 0.1) is 23.8 Å². The second-order valence-electron chi connectivity index (χ2n) is 8.61. The lowest BCUT2D eigenvalue weighted by Gasteiger charge is -2.25. The van der Waals surface area contributed by atoms with Crippen LogP contribution in [-0.4, -0.2) is 40.0 Å². The van der Waals surface area contributed by atoms with Crippen LogP contribution in [0.5, 0.6) is 5.75 Å². The Bertz CT molecular complexity index is 1720. The molecular formula is C30H19N5O4S. The number of aromatic nitrogens is 1. The number of benzene rings is 3. The van der Waals surface area contributed by atoms with E-state index in [2.05, 4.69) is 11.1 Å². The van der Waals surface area contributed by atoms with E-state index in [-0.39, 0.29) is 44.2 Å². The lowest BCUT2D eigenvalue weighted by Crippen LogP contribution is -2.43. The van der Waals surface area contributed by atoms with Gasteiger partial charge in [0, 0.05) is 11.1 Å². The number of ether oxygens (including phenoxy) is 1. The van der Waals surface area contributed by atoms with Gasteiger partial charge in [-0.25, -0.2) is 4.98 Å². The van der Waals surface area contributed by atoms with Crippen LogP contribution in [0.1, 0.15) is 42.2 Å². The van der Waals surface area contributed by atoms with Gasteiger partial charge in [-0.05, 0) is 29.8 Å². The number of hydrogen-bond acceptors (Lipinski definition) is 9. The second-order valence-corrected chi connectivity index (χ2v) is 9.67. The number of hydrogen-bond donors (Lipinski definition) is 1. The molecule has 1 atom stereocenters. The van der Waals surface area contributed by atoms with Crippen molar-refractivity contribution in [3.05, 3.63) is 107 Å². The normalized spacial score (nSPS) is 12.8. The van der Waals surface area contributed by atoms with Crippen molar-refractivity contribution in [1.29, 1.82) is 10.5 Å². The van der Waals surface area contributed by atoms with Crippen molar-refractivity contribution in [3.63, 3.8) is 0 Å². The van der Waals surface area contributed by atoms with Gasteiger partial charge in [-0.3, -0.25) is 19.3 Å². The predicted molar refractivity (Wildman–Crippen MR) is 147 cm³/mol. The maximum Gasteiger partial charge on any atom is 0.262 e. The summed E-state index contributed by atoms with van der Waals surface area (Å²) in [6.07, 6.45) is 0. The molecule has 2 heterocycles. The standard InChI is InChI=1S/C30H19N5O4S/c1-39-19-13-11-17(12-14-19)24-22(15-31)26(33)34-27(23(24)16-32)40-30(25(36)18-7-3-2-4-8-18)35-28(37)20-9-5-6-10-21(20)29(35)38/h2-14,30H,1H3,(H2,33,34). The average Bonchev–Trinajstić information content (AvgIpc) is 3.25. The van der Waals surface area contributed by atoms with Gasteiger partial charge in [-0.15, -0.1) is 0 Å². The third-order valence-electron chi connectivity index (χ3n) is 6.36. The Hall–Kier alpha value is -5.45. The maximum atomic E-state index is 13.8. The number of fused-ring (bicyclic) bond motifs is 1. The molecular weight excluding hydrogens is 526 g/mol. The highest BCUT2D eigenvalue weighted by Gasteiger charge is 2.44. The Morgan fingerprint density at radius 1 is 0.900 bits per heavy atom. The highest BCUT2D eigenvalue weighted by molar-refractivity contribution is 8.00. The summed E-state index contributed by atoms with van der Waals surface area (Å²) in [6, 6.07) is 25.3. The molecule has 2 amide bonds. The molecule has 40 heavy (non-hydrogen) atoms. The first kappa shape index (κ1) is 26.2. The molecule has 1 aliphatic rings. The van der Waals surface area contributed by atoms with Gasteiger partial charge in [0.25, 0.3) is 11.8 Å². The minimum absolute atomic E-state index is 0.00402. The number of nitriles is 2. The lowest BCUT2D eigenvalue weighted by atomic mass is 9.97. The molecule has 3 aromatic carbocycles. The number of ketones is 1. The largest absolute Gasteiger partial charge is 0.497 e. The highest BCUT2D eigenvalue weighted by Crippen LogP contribution is 2.40. The fraction of sp³-hybridized carbons (Fsp3) is 0.0667. The summed E-state index contributed by atoms with van der Waals surface area (Å²) in [6.45, 7) is 0. The summed E-state index contributed by atoms with van der Waals surface area (Å²) in [5.74, 6) is -1.42. The van der Waals surface area contributed by atoms with E-state index in [0.717, 1.165) is 16.7 Å². The van der Waals surface area contributed by atoms with Gasteiger partial charge in [-0.1, -0.05) is 66.4 Å². The number of carbonyl (C=O) groups is 3. The molecule has 9 nitrogen and oxygen atoms in total. The first-order valence-electron chi connectivity index (χ1n) is 11.9. The van der Waals surface area contributed by atoms with E-state index in [0.29, 0.717) is 11.3 Å². The SMILES string of the molecule is COc1ccc(-c2c(C#N)c(N)nc(SC(C(=O)c3ccccc3)N3C(=O)c4ccccc4C3=O)c2C#N)cc1. The number of nitrogens with zero attached hydrogens (tertiary/aromatic N) is 4. The minimum atomic E-state index is -1.41. The van der Waals surface area contributed by atoms with Gasteiger partial charge >= 0.3 is 0 Å². The topological polar surface area (TPSA) is 150 Å². The van der Waals surface area contributed by atoms with Crippen LogP contribution in [0.4, 0.5) is 5.82 Å². The third-order valence-corrected chi connectivity index (χ3v) is 7.53. The van der Waals surface area contributed by atoms with Crippen LogP contribution in [-0.2, 0) is 0 Å². The zero-order chi connectivity index (χ0) is 28.4. The molecule has 10 heteroatoms. The zero-order valence-electron chi connectivity index (χ0n) is 21.0. The van der Waals surface area contributed by atoms with E-state index in [1.807, 2.05) is 6.07 Å². The number of anilines is 1. The van der Waals surface area contributed by atoms with Gasteiger partial charge in [0.2, 0.25) is 0 Å². The Labute approximate surface area is 233 Å². The second kappa shape index (κ2) is 10.7. The summed E-state index contributed by atoms with van der Waals surface area (Å²) in [5, 5.41) is 18.7. The first-order valence-corrected chi connectivity index (χ1v) is 12.8. The zero-order valence-corrected chi connectivity index (χ0v) is 21.8. The number of carbonyl (C=O) groups excluding carboxylic acids is 3. The van der Waals surface area contributed by atoms with Crippen LogP contribution in [0.25, 0.3) is 11.1 Å². The number of Topliss-reactive ketones (excluding diaryl/α,β-unsaturated/α-hetero) is 1. The first-order chi connectivity index (χ1) is 19.4. The summed E-state index contributed by atoms with van der Waals surface area (Å²) < 4.78 is 5.21. The monoisotopic (exact) mass is 545 g/mol. The smallest absolute Gasteiger partial charge is 0.262 e. The van der Waals surface area contributed by atoms with E-state index in [9.17, 15) is 24.9 Å². The molecule has 0 spiro atoms. The van der Waals surface area contributed by atoms with E-state index in [4.69, 9.17) is 10.5 Å². The van der Waals surface area contributed by atoms with Gasteiger partial charge in [-0.2, -0.15) is 10.5 Å². The highest BCUT2D eigenvalue weighted by atomic mass is 32.2. The summed E-state index contributed by atoms with van der Waals surface area (Å²) in [7, 11) is 1.51. The van der Waals surface area contributed by atoms with Crippen LogP contribution in [0, 0.1) is 22.7 Å². The molecule has 0 saturated carbocycles. The average molecular weight is 546 g/mol. The summed E-state index contributed by atoms with van der Waals surface area (Å²) in [5.41, 5.74) is 7.45. The van der Waals surface area contributed by atoms with Gasteiger partial charge in [0.15, 0.2) is 11.2 Å². The van der Waals surface area contributed by atoms with E-state index in [1.165, 1.54) is 19.2 Å². The quantitative estimate of drug-likeness (QED) is 0.198. The van der Waals surface area contributed by atoms with Crippen LogP contribution in [0.15, 0.2) is 83.9 Å². The van der Waals surface area contributed by atoms with Gasteiger partial charge < -0.3 is 10.5 Å².